The summed E-state index contributed by atoms with van der Waals surface area (Å²) in [7, 11) is 0. The van der Waals surface area contributed by atoms with Crippen LogP contribution < -0.4 is 5.73 Å². The molecule has 3 heteroatoms. The summed E-state index contributed by atoms with van der Waals surface area (Å²) in [5.74, 6) is 0. The Morgan fingerprint density at radius 3 is 2.67 bits per heavy atom. The molecule has 0 aliphatic carbocycles. The Bertz CT molecular complexity index is 111. The lowest BCUT2D eigenvalue weighted by Gasteiger charge is -2.26. The first kappa shape index (κ1) is 9.96. The first-order valence-corrected chi connectivity index (χ1v) is 4.84. The maximum Gasteiger partial charge on any atom is 0.0594 e. The summed E-state index contributed by atoms with van der Waals surface area (Å²) < 4.78 is 5.26. The van der Waals surface area contributed by atoms with E-state index in [1.165, 1.54) is 13.0 Å². The molecule has 0 aromatic heterocycles. The molecule has 2 N–H and O–H groups in total. The Kier molecular flexibility index (Phi) is 4.58. The molecule has 1 aliphatic rings. The van der Waals surface area contributed by atoms with Gasteiger partial charge in [0.25, 0.3) is 0 Å². The lowest BCUT2D eigenvalue weighted by Crippen LogP contribution is -2.37. The number of nitrogens with two attached hydrogens (primary N) is 1. The predicted molar refractivity (Wildman–Crippen MR) is 50.1 cm³/mol. The van der Waals surface area contributed by atoms with Gasteiger partial charge >= 0.3 is 0 Å². The lowest BCUT2D eigenvalue weighted by molar-refractivity contribution is 0.0370. The van der Waals surface area contributed by atoms with E-state index in [4.69, 9.17) is 10.5 Å². The summed E-state index contributed by atoms with van der Waals surface area (Å²) in [5, 5.41) is 0. The smallest absolute Gasteiger partial charge is 0.0594 e. The molecule has 0 saturated carbocycles. The number of ether oxygens (including phenoxy) is 1. The maximum absolute atomic E-state index is 5.66. The molecule has 1 saturated heterocycles. The van der Waals surface area contributed by atoms with Crippen molar-refractivity contribution in [1.82, 2.24) is 4.90 Å². The van der Waals surface area contributed by atoms with Crippen LogP contribution in [0.15, 0.2) is 0 Å². The lowest BCUT2D eigenvalue weighted by atomic mass is 10.2. The van der Waals surface area contributed by atoms with Crippen LogP contribution in [0.3, 0.4) is 0 Å². The third-order valence-corrected chi connectivity index (χ3v) is 2.24. The first-order chi connectivity index (χ1) is 5.79. The van der Waals surface area contributed by atoms with Crippen LogP contribution >= 0.6 is 0 Å². The Hall–Kier alpha value is -0.120. The van der Waals surface area contributed by atoms with Gasteiger partial charge in [-0.15, -0.1) is 0 Å². The second-order valence-electron chi connectivity index (χ2n) is 3.57. The van der Waals surface area contributed by atoms with Crippen molar-refractivity contribution in [3.05, 3.63) is 0 Å². The topological polar surface area (TPSA) is 38.5 Å². The van der Waals surface area contributed by atoms with Crippen molar-refractivity contribution in [3.63, 3.8) is 0 Å². The SMILES string of the molecule is CC(N)CCCN1CCOCC1. The van der Waals surface area contributed by atoms with Crippen LogP contribution in [0.2, 0.25) is 0 Å². The summed E-state index contributed by atoms with van der Waals surface area (Å²) in [6.45, 7) is 7.25. The number of hydrogen-bond acceptors (Lipinski definition) is 3. The number of rotatable bonds is 4. The van der Waals surface area contributed by atoms with Crippen LogP contribution in [-0.4, -0.2) is 43.8 Å². The Labute approximate surface area is 74.9 Å². The third kappa shape index (κ3) is 4.04. The van der Waals surface area contributed by atoms with Crippen molar-refractivity contribution < 1.29 is 4.74 Å². The fraction of sp³-hybridized carbons (Fsp3) is 1.00. The van der Waals surface area contributed by atoms with Crippen molar-refractivity contribution >= 4 is 0 Å². The molecule has 0 bridgehead atoms. The van der Waals surface area contributed by atoms with Gasteiger partial charge in [0.1, 0.15) is 0 Å². The molecule has 0 radical (unpaired) electrons. The zero-order valence-electron chi connectivity index (χ0n) is 7.96. The highest BCUT2D eigenvalue weighted by Crippen LogP contribution is 2.00. The summed E-state index contributed by atoms with van der Waals surface area (Å²) in [6.07, 6.45) is 2.36. The second-order valence-corrected chi connectivity index (χ2v) is 3.57. The average Bonchev–Trinajstić information content (AvgIpc) is 2.05. The molecular formula is C9H20N2O. The van der Waals surface area contributed by atoms with E-state index in [0.717, 1.165) is 32.7 Å². The van der Waals surface area contributed by atoms with Crippen LogP contribution in [0.25, 0.3) is 0 Å². The highest BCUT2D eigenvalue weighted by molar-refractivity contribution is 4.63. The summed E-state index contributed by atoms with van der Waals surface area (Å²) in [5.41, 5.74) is 5.66. The van der Waals surface area contributed by atoms with E-state index >= 15 is 0 Å². The summed E-state index contributed by atoms with van der Waals surface area (Å²) >= 11 is 0. The molecule has 0 amide bonds. The normalized spacial score (nSPS) is 22.5. The van der Waals surface area contributed by atoms with Gasteiger partial charge in [-0.3, -0.25) is 4.90 Å². The van der Waals surface area contributed by atoms with Gasteiger partial charge in [0.15, 0.2) is 0 Å². The van der Waals surface area contributed by atoms with E-state index in [2.05, 4.69) is 11.8 Å². The highest BCUT2D eigenvalue weighted by atomic mass is 16.5. The quantitative estimate of drug-likeness (QED) is 0.669. The number of hydrogen-bond donors (Lipinski definition) is 1. The molecule has 1 atom stereocenters. The second kappa shape index (κ2) is 5.51. The van der Waals surface area contributed by atoms with Gasteiger partial charge in [-0.2, -0.15) is 0 Å². The number of nitrogens with zero attached hydrogens (tertiary/aromatic N) is 1. The van der Waals surface area contributed by atoms with Crippen molar-refractivity contribution in [1.29, 1.82) is 0 Å². The van der Waals surface area contributed by atoms with Crippen LogP contribution in [-0.2, 0) is 4.74 Å². The zero-order chi connectivity index (χ0) is 8.81. The fourth-order valence-electron chi connectivity index (χ4n) is 1.46. The molecule has 0 aromatic carbocycles. The van der Waals surface area contributed by atoms with Gasteiger partial charge in [0.2, 0.25) is 0 Å². The van der Waals surface area contributed by atoms with E-state index in [1.807, 2.05) is 0 Å². The minimum atomic E-state index is 0.353. The van der Waals surface area contributed by atoms with E-state index in [0.29, 0.717) is 6.04 Å². The standard InChI is InChI=1S/C9H20N2O/c1-9(10)3-2-4-11-5-7-12-8-6-11/h9H,2-8,10H2,1H3. The van der Waals surface area contributed by atoms with Gasteiger partial charge < -0.3 is 10.5 Å². The van der Waals surface area contributed by atoms with Crippen LogP contribution in [0.4, 0.5) is 0 Å². The van der Waals surface area contributed by atoms with Crippen LogP contribution in [0.1, 0.15) is 19.8 Å². The fourth-order valence-corrected chi connectivity index (χ4v) is 1.46. The van der Waals surface area contributed by atoms with E-state index in [1.54, 1.807) is 0 Å². The van der Waals surface area contributed by atoms with Gasteiger partial charge in [0, 0.05) is 19.1 Å². The monoisotopic (exact) mass is 172 g/mol. The van der Waals surface area contributed by atoms with Crippen LogP contribution in [0, 0.1) is 0 Å². The Morgan fingerprint density at radius 1 is 1.42 bits per heavy atom. The zero-order valence-corrected chi connectivity index (χ0v) is 7.96. The predicted octanol–water partition coefficient (Wildman–Crippen LogP) is 0.446. The maximum atomic E-state index is 5.66. The highest BCUT2D eigenvalue weighted by Gasteiger charge is 2.09. The third-order valence-electron chi connectivity index (χ3n) is 2.24. The van der Waals surface area contributed by atoms with E-state index in [-0.39, 0.29) is 0 Å². The van der Waals surface area contributed by atoms with Gasteiger partial charge in [0.05, 0.1) is 13.2 Å². The molecule has 1 rings (SSSR count). The van der Waals surface area contributed by atoms with Gasteiger partial charge in [-0.05, 0) is 26.3 Å². The Balaban J connectivity index is 1.98. The molecule has 1 unspecified atom stereocenters. The van der Waals surface area contributed by atoms with Crippen molar-refractivity contribution in [2.45, 2.75) is 25.8 Å². The molecule has 0 aromatic rings. The molecular weight excluding hydrogens is 152 g/mol. The average molecular weight is 172 g/mol. The van der Waals surface area contributed by atoms with Crippen molar-refractivity contribution in [2.24, 2.45) is 5.73 Å². The van der Waals surface area contributed by atoms with Crippen LogP contribution in [0.5, 0.6) is 0 Å². The molecule has 72 valence electrons. The van der Waals surface area contributed by atoms with Crippen molar-refractivity contribution in [3.8, 4) is 0 Å². The number of morpholine rings is 1. The molecule has 1 heterocycles. The largest absolute Gasteiger partial charge is 0.379 e. The molecule has 3 nitrogen and oxygen atoms in total. The molecule has 12 heavy (non-hydrogen) atoms. The minimum absolute atomic E-state index is 0.353. The Morgan fingerprint density at radius 2 is 2.08 bits per heavy atom. The summed E-state index contributed by atoms with van der Waals surface area (Å²) in [4.78, 5) is 2.45. The molecule has 0 spiro atoms. The molecule has 1 fully saturated rings. The van der Waals surface area contributed by atoms with Crippen molar-refractivity contribution in [2.75, 3.05) is 32.8 Å². The first-order valence-electron chi connectivity index (χ1n) is 4.84. The molecule has 1 aliphatic heterocycles. The summed E-state index contributed by atoms with van der Waals surface area (Å²) in [6, 6.07) is 0.353. The van der Waals surface area contributed by atoms with E-state index < -0.39 is 0 Å². The minimum Gasteiger partial charge on any atom is -0.379 e. The van der Waals surface area contributed by atoms with Gasteiger partial charge in [-0.25, -0.2) is 0 Å². The van der Waals surface area contributed by atoms with Gasteiger partial charge in [-0.1, -0.05) is 0 Å². The van der Waals surface area contributed by atoms with E-state index in [9.17, 15) is 0 Å².